The van der Waals surface area contributed by atoms with Crippen molar-refractivity contribution < 1.29 is 14.7 Å². The van der Waals surface area contributed by atoms with Crippen LogP contribution >= 0.6 is 0 Å². The van der Waals surface area contributed by atoms with E-state index in [0.717, 1.165) is 23.4 Å². The maximum Gasteiger partial charge on any atom is 0.339 e. The number of nitrogens with one attached hydrogen (secondary N) is 1. The third-order valence-corrected chi connectivity index (χ3v) is 5.11. The fourth-order valence-electron chi connectivity index (χ4n) is 3.34. The number of rotatable bonds is 7. The van der Waals surface area contributed by atoms with E-state index in [4.69, 9.17) is 0 Å². The molecule has 2 N–H and O–H groups in total. The van der Waals surface area contributed by atoms with Gasteiger partial charge in [0.05, 0.1) is 17.6 Å². The summed E-state index contributed by atoms with van der Waals surface area (Å²) in [7, 11) is 3.71. The topological polar surface area (TPSA) is 100 Å². The summed E-state index contributed by atoms with van der Waals surface area (Å²) in [6.45, 7) is 4.56. The van der Waals surface area contributed by atoms with Crippen molar-refractivity contribution in [3.8, 4) is 0 Å². The van der Waals surface area contributed by atoms with Crippen LogP contribution in [0.5, 0.6) is 0 Å². The molecule has 0 aliphatic rings. The SMILES string of the molecule is Cc1nn(C)c(C)c1CCN(C)c1ncc(NC(=O)c2ccccc2)cc1C(=O)O. The minimum absolute atomic E-state index is 0.0305. The summed E-state index contributed by atoms with van der Waals surface area (Å²) in [4.78, 5) is 30.3. The van der Waals surface area contributed by atoms with Crippen LogP contribution in [-0.2, 0) is 13.5 Å². The fourth-order valence-corrected chi connectivity index (χ4v) is 3.34. The van der Waals surface area contributed by atoms with E-state index in [0.29, 0.717) is 23.6 Å². The molecule has 3 aromatic rings. The number of aryl methyl sites for hydroxylation is 2. The Balaban J connectivity index is 1.77. The van der Waals surface area contributed by atoms with E-state index in [-0.39, 0.29) is 11.5 Å². The number of anilines is 2. The lowest BCUT2D eigenvalue weighted by molar-refractivity contribution is 0.0697. The number of carbonyl (C=O) groups excluding carboxylic acids is 1. The van der Waals surface area contributed by atoms with Crippen molar-refractivity contribution in [3.05, 3.63) is 70.7 Å². The summed E-state index contributed by atoms with van der Waals surface area (Å²) in [5.41, 5.74) is 4.05. The average molecular weight is 407 g/mol. The van der Waals surface area contributed by atoms with E-state index in [9.17, 15) is 14.7 Å². The highest BCUT2D eigenvalue weighted by molar-refractivity contribution is 6.05. The second-order valence-electron chi connectivity index (χ2n) is 7.16. The molecule has 2 aromatic heterocycles. The molecule has 8 heteroatoms. The lowest BCUT2D eigenvalue weighted by atomic mass is 10.1. The Bertz CT molecular complexity index is 1080. The standard InChI is InChI=1S/C22H25N5O3/c1-14-18(15(2)27(4)25-14)10-11-26(3)20-19(22(29)30)12-17(13-23-20)24-21(28)16-8-6-5-7-9-16/h5-9,12-13H,10-11H2,1-4H3,(H,24,28)(H,29,30). The second kappa shape index (κ2) is 8.77. The van der Waals surface area contributed by atoms with Crippen LogP contribution in [0.1, 0.15) is 37.7 Å². The van der Waals surface area contributed by atoms with Crippen molar-refractivity contribution in [1.29, 1.82) is 0 Å². The minimum Gasteiger partial charge on any atom is -0.478 e. The molecule has 0 radical (unpaired) electrons. The monoisotopic (exact) mass is 407 g/mol. The lowest BCUT2D eigenvalue weighted by Crippen LogP contribution is -2.24. The van der Waals surface area contributed by atoms with Gasteiger partial charge in [-0.25, -0.2) is 9.78 Å². The molecule has 30 heavy (non-hydrogen) atoms. The molecular formula is C22H25N5O3. The van der Waals surface area contributed by atoms with Crippen molar-refractivity contribution in [3.63, 3.8) is 0 Å². The van der Waals surface area contributed by atoms with Gasteiger partial charge in [-0.05, 0) is 44.0 Å². The molecule has 0 spiro atoms. The first-order chi connectivity index (χ1) is 14.3. The third kappa shape index (κ3) is 4.48. The van der Waals surface area contributed by atoms with Crippen molar-refractivity contribution in [2.24, 2.45) is 7.05 Å². The normalized spacial score (nSPS) is 10.7. The maximum absolute atomic E-state index is 12.3. The van der Waals surface area contributed by atoms with Crippen LogP contribution in [0.4, 0.5) is 11.5 Å². The summed E-state index contributed by atoms with van der Waals surface area (Å²) in [5, 5.41) is 16.8. The summed E-state index contributed by atoms with van der Waals surface area (Å²) in [5.74, 6) is -1.08. The number of carboxylic acids is 1. The van der Waals surface area contributed by atoms with Crippen LogP contribution in [0.15, 0.2) is 42.6 Å². The molecule has 0 atom stereocenters. The number of aromatic carboxylic acids is 1. The molecule has 0 saturated carbocycles. The Hall–Kier alpha value is -3.68. The molecule has 0 saturated heterocycles. The molecule has 1 amide bonds. The first-order valence-corrected chi connectivity index (χ1v) is 9.58. The Kier molecular flexibility index (Phi) is 6.15. The van der Waals surface area contributed by atoms with Gasteiger partial charge in [-0.3, -0.25) is 9.48 Å². The quantitative estimate of drug-likeness (QED) is 0.624. The van der Waals surface area contributed by atoms with Crippen LogP contribution in [0, 0.1) is 13.8 Å². The number of aromatic nitrogens is 3. The predicted molar refractivity (Wildman–Crippen MR) is 115 cm³/mol. The number of likely N-dealkylation sites (N-methyl/N-ethyl adjacent to an activating group) is 1. The van der Waals surface area contributed by atoms with E-state index < -0.39 is 5.97 Å². The largest absolute Gasteiger partial charge is 0.478 e. The Morgan fingerprint density at radius 1 is 1.20 bits per heavy atom. The summed E-state index contributed by atoms with van der Waals surface area (Å²) < 4.78 is 1.84. The Morgan fingerprint density at radius 3 is 2.50 bits per heavy atom. The fraction of sp³-hybridized carbons (Fsp3) is 0.273. The molecule has 1 aromatic carbocycles. The highest BCUT2D eigenvalue weighted by atomic mass is 16.4. The van der Waals surface area contributed by atoms with Crippen LogP contribution in [0.25, 0.3) is 0 Å². The van der Waals surface area contributed by atoms with E-state index in [1.807, 2.05) is 31.6 Å². The Labute approximate surface area is 175 Å². The summed E-state index contributed by atoms with van der Waals surface area (Å²) in [6.07, 6.45) is 2.19. The predicted octanol–water partition coefficient (Wildman–Crippen LogP) is 3.06. The van der Waals surface area contributed by atoms with Gasteiger partial charge in [0.25, 0.3) is 5.91 Å². The molecular weight excluding hydrogens is 382 g/mol. The summed E-state index contributed by atoms with van der Waals surface area (Å²) in [6, 6.07) is 10.2. The molecule has 0 aliphatic heterocycles. The number of carboxylic acid groups (broad SMARTS) is 1. The van der Waals surface area contributed by atoms with Crippen molar-refractivity contribution in [1.82, 2.24) is 14.8 Å². The first-order valence-electron chi connectivity index (χ1n) is 9.58. The number of benzene rings is 1. The van der Waals surface area contributed by atoms with Gasteiger partial charge in [0.2, 0.25) is 0 Å². The lowest BCUT2D eigenvalue weighted by Gasteiger charge is -2.20. The molecule has 156 valence electrons. The number of hydrogen-bond acceptors (Lipinski definition) is 5. The van der Waals surface area contributed by atoms with Gasteiger partial charge in [0.1, 0.15) is 11.4 Å². The van der Waals surface area contributed by atoms with Gasteiger partial charge < -0.3 is 15.3 Å². The maximum atomic E-state index is 12.3. The highest BCUT2D eigenvalue weighted by Crippen LogP contribution is 2.22. The molecule has 2 heterocycles. The number of hydrogen-bond donors (Lipinski definition) is 2. The number of amides is 1. The van der Waals surface area contributed by atoms with Crippen LogP contribution in [-0.4, -0.2) is 45.3 Å². The smallest absolute Gasteiger partial charge is 0.339 e. The molecule has 0 unspecified atom stereocenters. The van der Waals surface area contributed by atoms with Crippen molar-refractivity contribution in [2.75, 3.05) is 23.8 Å². The van der Waals surface area contributed by atoms with Gasteiger partial charge in [-0.1, -0.05) is 18.2 Å². The molecule has 3 rings (SSSR count). The van der Waals surface area contributed by atoms with Crippen LogP contribution < -0.4 is 10.2 Å². The van der Waals surface area contributed by atoms with Gasteiger partial charge in [0, 0.05) is 31.9 Å². The van der Waals surface area contributed by atoms with Gasteiger partial charge in [-0.15, -0.1) is 0 Å². The molecule has 0 aliphatic carbocycles. The summed E-state index contributed by atoms with van der Waals surface area (Å²) >= 11 is 0. The third-order valence-electron chi connectivity index (χ3n) is 5.11. The van der Waals surface area contributed by atoms with Crippen molar-refractivity contribution >= 4 is 23.4 Å². The van der Waals surface area contributed by atoms with Crippen LogP contribution in [0.2, 0.25) is 0 Å². The highest BCUT2D eigenvalue weighted by Gasteiger charge is 2.18. The number of carbonyl (C=O) groups is 2. The van der Waals surface area contributed by atoms with Gasteiger partial charge in [0.15, 0.2) is 0 Å². The van der Waals surface area contributed by atoms with Gasteiger partial charge in [-0.2, -0.15) is 5.10 Å². The molecule has 0 bridgehead atoms. The zero-order valence-electron chi connectivity index (χ0n) is 17.5. The van der Waals surface area contributed by atoms with Gasteiger partial charge >= 0.3 is 5.97 Å². The first kappa shape index (κ1) is 21.0. The number of pyridine rings is 1. The molecule has 8 nitrogen and oxygen atoms in total. The Morgan fingerprint density at radius 2 is 1.90 bits per heavy atom. The second-order valence-corrected chi connectivity index (χ2v) is 7.16. The zero-order chi connectivity index (χ0) is 21.8. The average Bonchev–Trinajstić information content (AvgIpc) is 2.97. The van der Waals surface area contributed by atoms with E-state index in [1.165, 1.54) is 12.3 Å². The minimum atomic E-state index is -1.10. The van der Waals surface area contributed by atoms with E-state index >= 15 is 0 Å². The van der Waals surface area contributed by atoms with Crippen molar-refractivity contribution in [2.45, 2.75) is 20.3 Å². The number of nitrogens with zero attached hydrogens (tertiary/aromatic N) is 4. The van der Waals surface area contributed by atoms with E-state index in [2.05, 4.69) is 15.4 Å². The van der Waals surface area contributed by atoms with E-state index in [1.54, 1.807) is 36.2 Å². The molecule has 0 fully saturated rings. The van der Waals surface area contributed by atoms with Crippen LogP contribution in [0.3, 0.4) is 0 Å². The zero-order valence-corrected chi connectivity index (χ0v) is 17.5.